The highest BCUT2D eigenvalue weighted by Crippen LogP contribution is 2.29. The van der Waals surface area contributed by atoms with Gasteiger partial charge in [-0.1, -0.05) is 13.8 Å². The van der Waals surface area contributed by atoms with Crippen molar-refractivity contribution in [3.63, 3.8) is 0 Å². The maximum atomic E-state index is 13.0. The molecule has 0 aliphatic heterocycles. The molecule has 32 heavy (non-hydrogen) atoms. The Kier molecular flexibility index (Phi) is 7.69. The lowest BCUT2D eigenvalue weighted by atomic mass is 10.0. The monoisotopic (exact) mass is 454 g/mol. The third-order valence-corrected chi connectivity index (χ3v) is 4.52. The van der Waals surface area contributed by atoms with Crippen molar-refractivity contribution >= 4 is 11.9 Å². The number of alkyl halides is 3. The number of halogens is 3. The lowest BCUT2D eigenvalue weighted by molar-refractivity contribution is -0.155. The summed E-state index contributed by atoms with van der Waals surface area (Å²) < 4.78 is 45.1. The molecule has 0 fully saturated rings. The highest BCUT2D eigenvalue weighted by molar-refractivity contribution is 5.95. The van der Waals surface area contributed by atoms with Crippen LogP contribution in [-0.4, -0.2) is 50.7 Å². The van der Waals surface area contributed by atoms with Gasteiger partial charge >= 0.3 is 12.1 Å². The maximum Gasteiger partial charge on any atom is 0.417 e. The minimum Gasteiger partial charge on any atom is -0.460 e. The molecule has 10 heteroatoms. The summed E-state index contributed by atoms with van der Waals surface area (Å²) in [5.74, 6) is -0.581. The van der Waals surface area contributed by atoms with E-state index in [4.69, 9.17) is 4.74 Å². The van der Waals surface area contributed by atoms with Gasteiger partial charge in [0.25, 0.3) is 5.91 Å². The topological polar surface area (TPSA) is 77.3 Å². The average Bonchev–Trinajstić information content (AvgIpc) is 3.10. The van der Waals surface area contributed by atoms with Crippen LogP contribution in [0.4, 0.5) is 13.2 Å². The van der Waals surface area contributed by atoms with E-state index < -0.39 is 17.3 Å². The normalized spacial score (nSPS) is 12.2. The number of hydrogen-bond acceptors (Lipinski definition) is 5. The summed E-state index contributed by atoms with van der Waals surface area (Å²) in [6.07, 6.45) is -1.74. The Morgan fingerprint density at radius 1 is 1.16 bits per heavy atom. The highest BCUT2D eigenvalue weighted by Gasteiger charge is 2.31. The van der Waals surface area contributed by atoms with Crippen molar-refractivity contribution in [2.24, 2.45) is 0 Å². The van der Waals surface area contributed by atoms with E-state index in [1.54, 1.807) is 27.8 Å². The molecule has 7 nitrogen and oxygen atoms in total. The van der Waals surface area contributed by atoms with Crippen molar-refractivity contribution in [1.82, 2.24) is 19.7 Å². The van der Waals surface area contributed by atoms with Gasteiger partial charge in [0.05, 0.1) is 23.0 Å². The second kappa shape index (κ2) is 9.70. The van der Waals surface area contributed by atoms with E-state index in [1.807, 2.05) is 13.8 Å². The van der Waals surface area contributed by atoms with Gasteiger partial charge in [-0.05, 0) is 45.2 Å². The highest BCUT2D eigenvalue weighted by atomic mass is 19.4. The van der Waals surface area contributed by atoms with Gasteiger partial charge in [-0.2, -0.15) is 18.3 Å². The Balaban J connectivity index is 2.15. The van der Waals surface area contributed by atoms with E-state index in [1.165, 1.54) is 21.8 Å². The van der Waals surface area contributed by atoms with Gasteiger partial charge in [-0.15, -0.1) is 0 Å². The zero-order valence-electron chi connectivity index (χ0n) is 19.2. The van der Waals surface area contributed by atoms with Gasteiger partial charge in [0.1, 0.15) is 5.60 Å². The van der Waals surface area contributed by atoms with Crippen molar-refractivity contribution in [3.05, 3.63) is 41.3 Å². The first-order chi connectivity index (χ1) is 14.7. The number of nitrogens with zero attached hydrogens (tertiary/aromatic N) is 4. The third kappa shape index (κ3) is 6.54. The van der Waals surface area contributed by atoms with Crippen LogP contribution in [0.2, 0.25) is 0 Å². The molecule has 1 amide bonds. The number of carbonyl (C=O) groups excluding carboxylic acids is 2. The molecule has 2 rings (SSSR count). The molecule has 0 aromatic carbocycles. The summed E-state index contributed by atoms with van der Waals surface area (Å²) in [6.45, 7) is 9.42. The van der Waals surface area contributed by atoms with Crippen LogP contribution >= 0.6 is 0 Å². The second-order valence-electron chi connectivity index (χ2n) is 8.83. The van der Waals surface area contributed by atoms with Gasteiger partial charge in [-0.25, -0.2) is 9.67 Å². The number of hydrogen-bond donors (Lipinski definition) is 0. The third-order valence-electron chi connectivity index (χ3n) is 4.52. The molecule has 0 N–H and O–H groups in total. The Morgan fingerprint density at radius 3 is 2.31 bits per heavy atom. The Labute approximate surface area is 185 Å². The van der Waals surface area contributed by atoms with Crippen LogP contribution in [0.15, 0.2) is 24.5 Å². The van der Waals surface area contributed by atoms with Gasteiger partial charge < -0.3 is 9.64 Å². The molecule has 0 radical (unpaired) electrons. The fourth-order valence-electron chi connectivity index (χ4n) is 3.10. The van der Waals surface area contributed by atoms with Gasteiger partial charge in [0.2, 0.25) is 0 Å². The van der Waals surface area contributed by atoms with Crippen molar-refractivity contribution in [3.8, 4) is 5.82 Å². The molecule has 176 valence electrons. The van der Waals surface area contributed by atoms with Crippen LogP contribution in [-0.2, 0) is 15.7 Å². The van der Waals surface area contributed by atoms with Crippen molar-refractivity contribution in [1.29, 1.82) is 0 Å². The van der Waals surface area contributed by atoms with E-state index in [-0.39, 0.29) is 30.0 Å². The minimum atomic E-state index is -4.49. The Hall–Kier alpha value is -2.91. The Bertz CT molecular complexity index is 945. The molecule has 0 aliphatic carbocycles. The summed E-state index contributed by atoms with van der Waals surface area (Å²) in [6, 6.07) is 2.15. The predicted octanol–water partition coefficient (Wildman–Crippen LogP) is 4.60. The summed E-state index contributed by atoms with van der Waals surface area (Å²) in [5, 5.41) is 4.20. The van der Waals surface area contributed by atoms with Crippen LogP contribution in [0.25, 0.3) is 5.82 Å². The number of ether oxygens (including phenoxy) is 1. The molecule has 0 unspecified atom stereocenters. The van der Waals surface area contributed by atoms with E-state index in [0.717, 1.165) is 12.3 Å². The number of aromatic nitrogens is 3. The van der Waals surface area contributed by atoms with Crippen LogP contribution < -0.4 is 0 Å². The molecule has 0 saturated heterocycles. The second-order valence-corrected chi connectivity index (χ2v) is 8.83. The SMILES string of the molecule is CC(C)c1c(C(=O)N(C)CCCC(=O)OC(C)(C)C)cnn1-c1ccc(C(F)(F)F)cn1. The van der Waals surface area contributed by atoms with E-state index in [0.29, 0.717) is 24.2 Å². The zero-order chi connectivity index (χ0) is 24.3. The standard InChI is InChI=1S/C22H29F3N4O3/c1-14(2)19-16(20(31)28(6)11-7-8-18(30)32-21(3,4)5)13-27-29(19)17-10-9-15(12-26-17)22(23,24)25/h9-10,12-14H,7-8,11H2,1-6H3. The summed E-state index contributed by atoms with van der Waals surface area (Å²) in [7, 11) is 1.62. The first-order valence-electron chi connectivity index (χ1n) is 10.3. The Morgan fingerprint density at radius 2 is 1.81 bits per heavy atom. The van der Waals surface area contributed by atoms with Crippen molar-refractivity contribution in [2.75, 3.05) is 13.6 Å². The molecule has 0 saturated carbocycles. The van der Waals surface area contributed by atoms with Crippen LogP contribution in [0.1, 0.15) is 75.0 Å². The number of pyridine rings is 1. The van der Waals surface area contributed by atoms with E-state index >= 15 is 0 Å². The molecular formula is C22H29F3N4O3. The molecule has 2 aromatic heterocycles. The van der Waals surface area contributed by atoms with E-state index in [2.05, 4.69) is 10.1 Å². The lowest BCUT2D eigenvalue weighted by Gasteiger charge is -2.21. The summed E-state index contributed by atoms with van der Waals surface area (Å²) in [5.41, 5.74) is -0.547. The van der Waals surface area contributed by atoms with Crippen molar-refractivity contribution in [2.45, 2.75) is 65.2 Å². The molecule has 0 spiro atoms. The van der Waals surface area contributed by atoms with Crippen LogP contribution in [0.3, 0.4) is 0 Å². The molecule has 0 atom stereocenters. The number of rotatable bonds is 7. The predicted molar refractivity (Wildman–Crippen MR) is 112 cm³/mol. The molecular weight excluding hydrogens is 425 g/mol. The van der Waals surface area contributed by atoms with Crippen LogP contribution in [0.5, 0.6) is 0 Å². The molecule has 2 heterocycles. The number of amides is 1. The number of carbonyl (C=O) groups is 2. The average molecular weight is 454 g/mol. The lowest BCUT2D eigenvalue weighted by Crippen LogP contribution is -2.30. The fraction of sp³-hybridized carbons (Fsp3) is 0.545. The van der Waals surface area contributed by atoms with E-state index in [9.17, 15) is 22.8 Å². The summed E-state index contributed by atoms with van der Waals surface area (Å²) >= 11 is 0. The smallest absolute Gasteiger partial charge is 0.417 e. The van der Waals surface area contributed by atoms with Gasteiger partial charge in [-0.3, -0.25) is 9.59 Å². The fourth-order valence-corrected chi connectivity index (χ4v) is 3.10. The first-order valence-corrected chi connectivity index (χ1v) is 10.3. The molecule has 0 bridgehead atoms. The van der Waals surface area contributed by atoms with Gasteiger partial charge in [0.15, 0.2) is 5.82 Å². The largest absolute Gasteiger partial charge is 0.460 e. The summed E-state index contributed by atoms with van der Waals surface area (Å²) in [4.78, 5) is 30.2. The van der Waals surface area contributed by atoms with Crippen LogP contribution in [0, 0.1) is 0 Å². The quantitative estimate of drug-likeness (QED) is 0.572. The van der Waals surface area contributed by atoms with Crippen molar-refractivity contribution < 1.29 is 27.5 Å². The molecule has 2 aromatic rings. The zero-order valence-corrected chi connectivity index (χ0v) is 19.2. The van der Waals surface area contributed by atoms with Gasteiger partial charge in [0, 0.05) is 26.2 Å². The number of esters is 1. The first kappa shape index (κ1) is 25.4. The molecule has 0 aliphatic rings. The minimum absolute atomic E-state index is 0.143. The maximum absolute atomic E-state index is 13.0.